The molecule has 0 bridgehead atoms. The minimum absolute atomic E-state index is 0. The molecule has 29 heavy (non-hydrogen) atoms. The molecule has 0 saturated carbocycles. The standard InChI is InChI=1S/C13H18N4O3.2C4H9.Al.H/c18-12(19)11(10-3-1-2-6-15-10)17-13(20)16-9-4-7-14-8-5-9;2*1-4(2)3;;/h1-3,6,9,11,14H,4-5,7-8H2,(H,18,19)(H2,16,17,20);2*4H,1H2,2-3H3;;/q;;;+1;-1. The van der Waals surface area contributed by atoms with E-state index in [0.29, 0.717) is 5.69 Å². The number of carboxylic acids is 1. The van der Waals surface area contributed by atoms with Gasteiger partial charge in [-0.3, -0.25) is 4.98 Å². The molecule has 0 aromatic carbocycles. The predicted molar refractivity (Wildman–Crippen MR) is 118 cm³/mol. The van der Waals surface area contributed by atoms with Gasteiger partial charge in [0.05, 0.1) is 5.69 Å². The van der Waals surface area contributed by atoms with Crippen molar-refractivity contribution in [1.29, 1.82) is 0 Å². The molecule has 1 fully saturated rings. The summed E-state index contributed by atoms with van der Waals surface area (Å²) >= 11 is 0.755. The van der Waals surface area contributed by atoms with Crippen molar-refractivity contribution < 1.29 is 16.1 Å². The van der Waals surface area contributed by atoms with E-state index in [1.54, 1.807) is 18.2 Å². The van der Waals surface area contributed by atoms with Crippen LogP contribution in [0.25, 0.3) is 0 Å². The maximum Gasteiger partial charge on any atom is 0.332 e. The van der Waals surface area contributed by atoms with Gasteiger partial charge >= 0.3 is 77.3 Å². The molecule has 0 radical (unpaired) electrons. The van der Waals surface area contributed by atoms with E-state index in [4.69, 9.17) is 0 Å². The topological polar surface area (TPSA) is 103 Å². The first-order valence-corrected chi connectivity index (χ1v) is 12.2. The van der Waals surface area contributed by atoms with E-state index >= 15 is 0 Å². The Morgan fingerprint density at radius 3 is 2.31 bits per heavy atom. The molecule has 1 aromatic heterocycles. The van der Waals surface area contributed by atoms with Gasteiger partial charge in [-0.05, 0) is 38.1 Å². The number of nitrogens with one attached hydrogen (secondary N) is 3. The fourth-order valence-electron chi connectivity index (χ4n) is 2.90. The molecule has 2 heterocycles. The minimum atomic E-state index is -1.14. The third-order valence-corrected chi connectivity index (χ3v) is 7.01. The van der Waals surface area contributed by atoms with Gasteiger partial charge in [-0.25, -0.2) is 9.59 Å². The quantitative estimate of drug-likeness (QED) is 0.484. The molecule has 0 aliphatic carbocycles. The normalized spacial score (nSPS) is 15.1. The van der Waals surface area contributed by atoms with Crippen LogP contribution in [0.1, 0.15) is 53.7 Å². The fraction of sp³-hybridized carbons (Fsp3) is 0.667. The van der Waals surface area contributed by atoms with Crippen molar-refractivity contribution in [2.75, 3.05) is 13.1 Å². The number of carbonyl (C=O) groups excluding carboxylic acids is 1. The zero-order valence-electron chi connectivity index (χ0n) is 19.1. The molecule has 2 amide bonds. The Kier molecular flexibility index (Phi) is 12.6. The second kappa shape index (κ2) is 14.4. The second-order valence-electron chi connectivity index (χ2n) is 8.22. The first-order valence-electron chi connectivity index (χ1n) is 10.5. The van der Waals surface area contributed by atoms with Crippen molar-refractivity contribution in [1.82, 2.24) is 20.9 Å². The number of nitrogens with zero attached hydrogens (tertiary/aromatic N) is 1. The Hall–Kier alpha value is -1.62. The molecule has 162 valence electrons. The predicted octanol–water partition coefficient (Wildman–Crippen LogP) is 3.21. The molecule has 1 aliphatic heterocycles. The van der Waals surface area contributed by atoms with Crippen LogP contribution in [0.4, 0.5) is 4.79 Å². The average molecular weight is 421 g/mol. The summed E-state index contributed by atoms with van der Waals surface area (Å²) in [5.41, 5.74) is 0.306. The molecular formula is C21H37AlN4O3. The maximum absolute atomic E-state index is 11.9. The molecule has 1 unspecified atom stereocenters. The molecule has 7 nitrogen and oxygen atoms in total. The first-order chi connectivity index (χ1) is 13.8. The van der Waals surface area contributed by atoms with Crippen molar-refractivity contribution >= 4 is 27.2 Å². The van der Waals surface area contributed by atoms with Gasteiger partial charge in [0.2, 0.25) is 0 Å². The van der Waals surface area contributed by atoms with Gasteiger partial charge < -0.3 is 22.5 Å². The Balaban J connectivity index is 0.000000719. The summed E-state index contributed by atoms with van der Waals surface area (Å²) in [6.45, 7) is 11.0. The van der Waals surface area contributed by atoms with Gasteiger partial charge in [0.1, 0.15) is 0 Å². The number of pyridine rings is 1. The Morgan fingerprint density at radius 2 is 1.83 bits per heavy atom. The average Bonchev–Trinajstić information content (AvgIpc) is 2.67. The summed E-state index contributed by atoms with van der Waals surface area (Å²) in [5.74, 6) is 0.724. The first kappa shape index (κ1) is 25.4. The molecular weight excluding hydrogens is 383 g/mol. The monoisotopic (exact) mass is 420 g/mol. The molecule has 0 spiro atoms. The molecule has 1 aliphatic rings. The summed E-state index contributed by atoms with van der Waals surface area (Å²) in [7, 11) is 0. The number of aromatic nitrogens is 1. The van der Waals surface area contributed by atoms with Gasteiger partial charge in [0.15, 0.2) is 6.04 Å². The van der Waals surface area contributed by atoms with Crippen molar-refractivity contribution in [3.63, 3.8) is 0 Å². The van der Waals surface area contributed by atoms with Crippen LogP contribution in [0.5, 0.6) is 0 Å². The van der Waals surface area contributed by atoms with E-state index in [1.807, 2.05) is 0 Å². The molecule has 1 atom stereocenters. The van der Waals surface area contributed by atoms with E-state index in [0.717, 1.165) is 53.0 Å². The number of carboxylic acid groups (broad SMARTS) is 1. The van der Waals surface area contributed by atoms with E-state index in [1.165, 1.54) is 16.8 Å². The SMILES string of the molecule is CC(C)[CH2][Al+][CH2]C(C)C.O=C(NC1CCNCC1)NC(C(=O)O)c1ccccn1.[H-]. The number of rotatable bonds is 8. The van der Waals surface area contributed by atoms with Crippen molar-refractivity contribution in [3.8, 4) is 0 Å². The molecule has 1 aromatic rings. The number of amides is 2. The summed E-state index contributed by atoms with van der Waals surface area (Å²) in [5, 5.41) is 20.6. The van der Waals surface area contributed by atoms with Crippen LogP contribution in [0.2, 0.25) is 10.6 Å². The van der Waals surface area contributed by atoms with Crippen LogP contribution in [0.3, 0.4) is 0 Å². The van der Waals surface area contributed by atoms with Crippen molar-refractivity contribution in [2.45, 2.75) is 63.2 Å². The zero-order chi connectivity index (χ0) is 21.6. The summed E-state index contributed by atoms with van der Waals surface area (Å²) in [4.78, 5) is 27.1. The largest absolute Gasteiger partial charge is 1.00 e. The summed E-state index contributed by atoms with van der Waals surface area (Å²) in [6.07, 6.45) is 3.18. The van der Waals surface area contributed by atoms with Crippen LogP contribution in [-0.2, 0) is 4.79 Å². The smallest absolute Gasteiger partial charge is 0.332 e. The van der Waals surface area contributed by atoms with Gasteiger partial charge in [-0.2, -0.15) is 0 Å². The second-order valence-corrected chi connectivity index (χ2v) is 9.74. The molecule has 1 saturated heterocycles. The number of aliphatic carboxylic acids is 1. The summed E-state index contributed by atoms with van der Waals surface area (Å²) < 4.78 is 0. The van der Waals surface area contributed by atoms with Crippen LogP contribution in [-0.4, -0.2) is 56.4 Å². The van der Waals surface area contributed by atoms with E-state index in [-0.39, 0.29) is 7.47 Å². The van der Waals surface area contributed by atoms with Crippen molar-refractivity contribution in [2.24, 2.45) is 11.8 Å². The van der Waals surface area contributed by atoms with E-state index in [2.05, 4.69) is 48.6 Å². The third kappa shape index (κ3) is 11.8. The number of piperidine rings is 1. The van der Waals surface area contributed by atoms with Gasteiger partial charge in [0, 0.05) is 12.2 Å². The number of urea groups is 1. The van der Waals surface area contributed by atoms with Crippen LogP contribution in [0, 0.1) is 11.8 Å². The van der Waals surface area contributed by atoms with Gasteiger partial charge in [0.25, 0.3) is 0 Å². The summed E-state index contributed by atoms with van der Waals surface area (Å²) in [6, 6.07) is 3.41. The van der Waals surface area contributed by atoms with Crippen LogP contribution >= 0.6 is 0 Å². The maximum atomic E-state index is 11.9. The molecule has 2 rings (SSSR count). The number of hydrogen-bond donors (Lipinski definition) is 4. The molecule has 8 heteroatoms. The number of hydrogen-bond acceptors (Lipinski definition) is 4. The Morgan fingerprint density at radius 1 is 1.21 bits per heavy atom. The van der Waals surface area contributed by atoms with Crippen molar-refractivity contribution in [3.05, 3.63) is 30.1 Å². The third-order valence-electron chi connectivity index (χ3n) is 4.46. The Bertz CT molecular complexity index is 591. The Labute approximate surface area is 182 Å². The van der Waals surface area contributed by atoms with E-state index < -0.39 is 18.0 Å². The van der Waals surface area contributed by atoms with Crippen LogP contribution < -0.4 is 16.0 Å². The van der Waals surface area contributed by atoms with E-state index in [9.17, 15) is 14.7 Å². The van der Waals surface area contributed by atoms with Gasteiger partial charge in [-0.15, -0.1) is 0 Å². The van der Waals surface area contributed by atoms with Gasteiger partial charge in [-0.1, -0.05) is 6.07 Å². The number of carbonyl (C=O) groups is 2. The van der Waals surface area contributed by atoms with Crippen LogP contribution in [0.15, 0.2) is 24.4 Å². The zero-order valence-corrected chi connectivity index (χ0v) is 19.3. The minimum Gasteiger partial charge on any atom is -1.00 e. The fourth-order valence-corrected chi connectivity index (χ4v) is 4.42. The molecule has 4 N–H and O–H groups in total.